The van der Waals surface area contributed by atoms with Gasteiger partial charge in [0.05, 0.1) is 28.1 Å². The van der Waals surface area contributed by atoms with Crippen molar-refractivity contribution < 1.29 is 15.3 Å². The molecule has 0 radical (unpaired) electrons. The molecule has 0 aliphatic carbocycles. The Bertz CT molecular complexity index is 528. The first-order chi connectivity index (χ1) is 10.1. The van der Waals surface area contributed by atoms with Gasteiger partial charge in [0.2, 0.25) is 0 Å². The van der Waals surface area contributed by atoms with Gasteiger partial charge in [-0.1, -0.05) is 42.1 Å². The van der Waals surface area contributed by atoms with Crippen LogP contribution < -0.4 is 5.32 Å². The summed E-state index contributed by atoms with van der Waals surface area (Å²) in [4.78, 5) is 4.10. The molecule has 1 aromatic carbocycles. The third-order valence-electron chi connectivity index (χ3n) is 3.81. The number of amidine groups is 1. The van der Waals surface area contributed by atoms with Gasteiger partial charge in [0, 0.05) is 7.05 Å². The first-order valence-electron chi connectivity index (χ1n) is 6.76. The monoisotopic (exact) mass is 326 g/mol. The van der Waals surface area contributed by atoms with Gasteiger partial charge in [-0.15, -0.1) is 11.8 Å². The van der Waals surface area contributed by atoms with E-state index >= 15 is 0 Å². The van der Waals surface area contributed by atoms with Gasteiger partial charge in [-0.25, -0.2) is 0 Å². The number of nitrogens with zero attached hydrogens (tertiary/aromatic N) is 1. The summed E-state index contributed by atoms with van der Waals surface area (Å²) in [5.41, 5.74) is 0.750. The first-order valence-corrected chi connectivity index (χ1v) is 8.58. The van der Waals surface area contributed by atoms with Gasteiger partial charge in [0.15, 0.2) is 5.17 Å². The van der Waals surface area contributed by atoms with E-state index in [1.165, 1.54) is 23.5 Å². The molecular formula is C14H18N2O3S2. The highest BCUT2D eigenvalue weighted by Crippen LogP contribution is 2.46. The topological polar surface area (TPSA) is 85.1 Å². The third kappa shape index (κ3) is 2.80. The fourth-order valence-electron chi connectivity index (χ4n) is 2.65. The Labute approximate surface area is 131 Å². The summed E-state index contributed by atoms with van der Waals surface area (Å²) in [7, 11) is 1.69. The van der Waals surface area contributed by atoms with Crippen molar-refractivity contribution in [2.75, 3.05) is 7.05 Å². The summed E-state index contributed by atoms with van der Waals surface area (Å²) >= 11 is 3.03. The number of aliphatic imine (C=N–C) groups is 1. The van der Waals surface area contributed by atoms with Gasteiger partial charge < -0.3 is 20.6 Å². The Morgan fingerprint density at radius 3 is 2.57 bits per heavy atom. The predicted octanol–water partition coefficient (Wildman–Crippen LogP) is 0.574. The molecule has 1 aromatic rings. The average Bonchev–Trinajstić information content (AvgIpc) is 2.94. The van der Waals surface area contributed by atoms with Gasteiger partial charge in [0.25, 0.3) is 0 Å². The lowest BCUT2D eigenvalue weighted by atomic mass is 9.96. The molecule has 0 spiro atoms. The summed E-state index contributed by atoms with van der Waals surface area (Å²) in [6, 6.07) is 9.00. The van der Waals surface area contributed by atoms with E-state index in [0.29, 0.717) is 0 Å². The average molecular weight is 326 g/mol. The number of hydrogen-bond acceptors (Lipinski definition) is 6. The highest BCUT2D eigenvalue weighted by molar-refractivity contribution is 8.25. The van der Waals surface area contributed by atoms with Crippen LogP contribution in [0.3, 0.4) is 0 Å². The van der Waals surface area contributed by atoms with Crippen LogP contribution in [0.5, 0.6) is 0 Å². The van der Waals surface area contributed by atoms with Crippen LogP contribution in [0.2, 0.25) is 0 Å². The first kappa shape index (κ1) is 15.2. The second-order valence-corrected chi connectivity index (χ2v) is 7.88. The zero-order valence-electron chi connectivity index (χ0n) is 11.5. The fraction of sp³-hybridized carbons (Fsp3) is 0.500. The minimum Gasteiger partial charge on any atom is -0.389 e. The van der Waals surface area contributed by atoms with E-state index in [-0.39, 0.29) is 10.6 Å². The molecular weight excluding hydrogens is 308 g/mol. The normalized spacial score (nSPS) is 38.9. The minimum atomic E-state index is -0.990. The van der Waals surface area contributed by atoms with Crippen LogP contribution in [0, 0.1) is 0 Å². The van der Waals surface area contributed by atoms with Crippen molar-refractivity contribution in [2.45, 2.75) is 34.2 Å². The van der Waals surface area contributed by atoms with Gasteiger partial charge in [-0.3, -0.25) is 4.99 Å². The third-order valence-corrected chi connectivity index (χ3v) is 6.90. The maximum absolute atomic E-state index is 10.5. The second-order valence-electron chi connectivity index (χ2n) is 5.12. The predicted molar refractivity (Wildman–Crippen MR) is 86.5 cm³/mol. The molecule has 0 saturated carbocycles. The summed E-state index contributed by atoms with van der Waals surface area (Å²) in [5, 5.41) is 34.6. The maximum atomic E-state index is 10.5. The van der Waals surface area contributed by atoms with Crippen LogP contribution in [-0.4, -0.2) is 55.6 Å². The fourth-order valence-corrected chi connectivity index (χ4v) is 5.77. The molecule has 114 valence electrons. The molecule has 2 saturated heterocycles. The van der Waals surface area contributed by atoms with Crippen LogP contribution >= 0.6 is 23.5 Å². The lowest BCUT2D eigenvalue weighted by Crippen LogP contribution is -2.56. The smallest absolute Gasteiger partial charge is 0.157 e. The van der Waals surface area contributed by atoms with Crippen LogP contribution in [0.4, 0.5) is 0 Å². The molecule has 3 rings (SSSR count). The van der Waals surface area contributed by atoms with Crippen LogP contribution in [0.25, 0.3) is 0 Å². The Morgan fingerprint density at radius 1 is 1.19 bits per heavy atom. The molecule has 2 aliphatic heterocycles. The summed E-state index contributed by atoms with van der Waals surface area (Å²) in [5.74, 6) is 0. The zero-order chi connectivity index (χ0) is 15.0. The summed E-state index contributed by atoms with van der Waals surface area (Å²) in [6.45, 7) is 0. The quantitative estimate of drug-likeness (QED) is 0.636. The molecule has 4 N–H and O–H groups in total. The van der Waals surface area contributed by atoms with E-state index in [0.717, 1.165) is 10.7 Å². The van der Waals surface area contributed by atoms with Crippen molar-refractivity contribution in [3.8, 4) is 0 Å². The number of thioether (sulfide) groups is 2. The molecule has 0 aromatic heterocycles. The SMILES string of the molecule is CN=C1NC2C(S1)SC(C(O)c1ccccc1)C(O)C2O. The Balaban J connectivity index is 1.81. The lowest BCUT2D eigenvalue weighted by Gasteiger charge is -2.40. The number of fused-ring (bicyclic) bond motifs is 1. The van der Waals surface area contributed by atoms with Gasteiger partial charge in [0.1, 0.15) is 6.10 Å². The van der Waals surface area contributed by atoms with E-state index in [4.69, 9.17) is 0 Å². The molecule has 0 bridgehead atoms. The largest absolute Gasteiger partial charge is 0.389 e. The van der Waals surface area contributed by atoms with E-state index < -0.39 is 23.6 Å². The van der Waals surface area contributed by atoms with Gasteiger partial charge in [-0.05, 0) is 5.56 Å². The number of aliphatic hydroxyl groups excluding tert-OH is 3. The summed E-state index contributed by atoms with van der Waals surface area (Å²) in [6.07, 6.45) is -2.73. The maximum Gasteiger partial charge on any atom is 0.157 e. The molecule has 6 atom stereocenters. The molecule has 2 heterocycles. The van der Waals surface area contributed by atoms with Gasteiger partial charge >= 0.3 is 0 Å². The zero-order valence-corrected chi connectivity index (χ0v) is 13.1. The van der Waals surface area contributed by atoms with E-state index in [9.17, 15) is 15.3 Å². The molecule has 2 aliphatic rings. The highest BCUT2D eigenvalue weighted by Gasteiger charge is 2.50. The van der Waals surface area contributed by atoms with E-state index in [2.05, 4.69) is 10.3 Å². The van der Waals surface area contributed by atoms with Crippen molar-refractivity contribution in [3.05, 3.63) is 35.9 Å². The standard InChI is InChI=1S/C14H18N2O3S2/c1-15-14-16-8-10(18)11(19)12(20-13(8)21-14)9(17)7-5-3-2-4-6-7/h2-6,8-13,17-19H,1H3,(H,15,16). The summed E-state index contributed by atoms with van der Waals surface area (Å²) < 4.78 is 0.0328. The van der Waals surface area contributed by atoms with Crippen LogP contribution in [-0.2, 0) is 0 Å². The van der Waals surface area contributed by atoms with Gasteiger partial charge in [-0.2, -0.15) is 0 Å². The molecule has 5 nitrogen and oxygen atoms in total. The van der Waals surface area contributed by atoms with Crippen molar-refractivity contribution in [2.24, 2.45) is 4.99 Å². The van der Waals surface area contributed by atoms with E-state index in [1.807, 2.05) is 30.3 Å². The van der Waals surface area contributed by atoms with E-state index in [1.54, 1.807) is 7.05 Å². The van der Waals surface area contributed by atoms with Crippen LogP contribution in [0.15, 0.2) is 35.3 Å². The molecule has 7 heteroatoms. The molecule has 2 fully saturated rings. The highest BCUT2D eigenvalue weighted by atomic mass is 32.2. The molecule has 6 unspecified atom stereocenters. The Kier molecular flexibility index (Phi) is 4.46. The number of nitrogens with one attached hydrogen (secondary N) is 1. The van der Waals surface area contributed by atoms with Crippen LogP contribution in [0.1, 0.15) is 11.7 Å². The molecule has 21 heavy (non-hydrogen) atoms. The molecule has 0 amide bonds. The van der Waals surface area contributed by atoms with Crippen molar-refractivity contribution in [1.82, 2.24) is 5.32 Å². The number of benzene rings is 1. The second kappa shape index (κ2) is 6.18. The Hall–Kier alpha value is -0.730. The number of aliphatic hydroxyl groups is 3. The van der Waals surface area contributed by atoms with Crippen molar-refractivity contribution >= 4 is 28.7 Å². The van der Waals surface area contributed by atoms with Crippen molar-refractivity contribution in [3.63, 3.8) is 0 Å². The number of rotatable bonds is 2. The number of hydrogen-bond donors (Lipinski definition) is 4. The minimum absolute atomic E-state index is 0.0328. The lowest BCUT2D eigenvalue weighted by molar-refractivity contribution is -0.0239. The Morgan fingerprint density at radius 2 is 1.90 bits per heavy atom. The van der Waals surface area contributed by atoms with Crippen molar-refractivity contribution in [1.29, 1.82) is 0 Å².